The van der Waals surface area contributed by atoms with Gasteiger partial charge in [0.25, 0.3) is 0 Å². The van der Waals surface area contributed by atoms with Gasteiger partial charge >= 0.3 is 0 Å². The van der Waals surface area contributed by atoms with E-state index in [9.17, 15) is 0 Å². The molecule has 0 radical (unpaired) electrons. The highest BCUT2D eigenvalue weighted by Crippen LogP contribution is 2.28. The Labute approximate surface area is 120 Å². The molecule has 2 heterocycles. The summed E-state index contributed by atoms with van der Waals surface area (Å²) in [5, 5.41) is 3.49. The fourth-order valence-electron chi connectivity index (χ4n) is 2.88. The topological polar surface area (TPSA) is 50.3 Å². The van der Waals surface area contributed by atoms with Crippen molar-refractivity contribution in [2.75, 3.05) is 43.1 Å². The minimum absolute atomic E-state index is 0.776. The quantitative estimate of drug-likeness (QED) is 0.911. The second kappa shape index (κ2) is 6.39. The standard InChI is InChI=1S/C15H24N4O/c1-2-7-16-14-12-5-3-4-6-13(12)17-15(18-14)19-8-10-20-11-9-19/h2-11H2,1H3,(H,16,17,18). The van der Waals surface area contributed by atoms with Crippen molar-refractivity contribution in [3.05, 3.63) is 11.3 Å². The molecule has 0 bridgehead atoms. The fraction of sp³-hybridized carbons (Fsp3) is 0.733. The molecule has 1 aliphatic carbocycles. The fourth-order valence-corrected chi connectivity index (χ4v) is 2.88. The summed E-state index contributed by atoms with van der Waals surface area (Å²) >= 11 is 0. The number of morpholine rings is 1. The Hall–Kier alpha value is -1.36. The molecule has 1 aromatic rings. The van der Waals surface area contributed by atoms with Crippen LogP contribution >= 0.6 is 0 Å². The highest BCUT2D eigenvalue weighted by Gasteiger charge is 2.21. The molecule has 0 saturated carbocycles. The Morgan fingerprint density at radius 3 is 2.75 bits per heavy atom. The third-order valence-electron chi connectivity index (χ3n) is 4.01. The maximum absolute atomic E-state index is 5.42. The first kappa shape index (κ1) is 13.6. The van der Waals surface area contributed by atoms with Crippen LogP contribution in [0.4, 0.5) is 11.8 Å². The van der Waals surface area contributed by atoms with Crippen molar-refractivity contribution < 1.29 is 4.74 Å². The van der Waals surface area contributed by atoms with Crippen LogP contribution in [0, 0.1) is 0 Å². The Balaban J connectivity index is 1.89. The molecule has 0 unspecified atom stereocenters. The molecule has 1 N–H and O–H groups in total. The average molecular weight is 276 g/mol. The molecule has 1 aliphatic heterocycles. The second-order valence-corrected chi connectivity index (χ2v) is 5.53. The minimum atomic E-state index is 0.776. The van der Waals surface area contributed by atoms with Crippen molar-refractivity contribution in [3.8, 4) is 0 Å². The molecule has 2 aliphatic rings. The average Bonchev–Trinajstić information content (AvgIpc) is 2.53. The van der Waals surface area contributed by atoms with Crippen LogP contribution in [-0.2, 0) is 17.6 Å². The predicted octanol–water partition coefficient (Wildman–Crippen LogP) is 2.01. The molecule has 1 fully saturated rings. The number of nitrogens with one attached hydrogen (secondary N) is 1. The van der Waals surface area contributed by atoms with Crippen molar-refractivity contribution in [3.63, 3.8) is 0 Å². The van der Waals surface area contributed by atoms with Crippen molar-refractivity contribution in [1.82, 2.24) is 9.97 Å². The summed E-state index contributed by atoms with van der Waals surface area (Å²) < 4.78 is 5.42. The van der Waals surface area contributed by atoms with Crippen LogP contribution in [0.2, 0.25) is 0 Å². The molecule has 0 atom stereocenters. The molecular weight excluding hydrogens is 252 g/mol. The van der Waals surface area contributed by atoms with Gasteiger partial charge in [-0.2, -0.15) is 4.98 Å². The minimum Gasteiger partial charge on any atom is -0.378 e. The zero-order valence-corrected chi connectivity index (χ0v) is 12.3. The smallest absolute Gasteiger partial charge is 0.227 e. The molecule has 0 amide bonds. The van der Waals surface area contributed by atoms with Crippen LogP contribution < -0.4 is 10.2 Å². The van der Waals surface area contributed by atoms with Gasteiger partial charge in [-0.3, -0.25) is 0 Å². The Morgan fingerprint density at radius 1 is 1.15 bits per heavy atom. The summed E-state index contributed by atoms with van der Waals surface area (Å²) in [4.78, 5) is 11.9. The maximum atomic E-state index is 5.42. The van der Waals surface area contributed by atoms with Gasteiger partial charge in [0.1, 0.15) is 5.82 Å². The Kier molecular flexibility index (Phi) is 4.35. The molecule has 20 heavy (non-hydrogen) atoms. The molecule has 5 nitrogen and oxygen atoms in total. The number of ether oxygens (including phenoxy) is 1. The van der Waals surface area contributed by atoms with Crippen LogP contribution in [0.5, 0.6) is 0 Å². The third kappa shape index (κ3) is 2.87. The van der Waals surface area contributed by atoms with E-state index in [1.54, 1.807) is 0 Å². The summed E-state index contributed by atoms with van der Waals surface area (Å²) in [6, 6.07) is 0. The lowest BCUT2D eigenvalue weighted by Crippen LogP contribution is -2.37. The largest absolute Gasteiger partial charge is 0.378 e. The van der Waals surface area contributed by atoms with Crippen molar-refractivity contribution >= 4 is 11.8 Å². The van der Waals surface area contributed by atoms with Crippen LogP contribution in [0.15, 0.2) is 0 Å². The summed E-state index contributed by atoms with van der Waals surface area (Å²) in [5.41, 5.74) is 2.60. The zero-order valence-electron chi connectivity index (χ0n) is 12.3. The van der Waals surface area contributed by atoms with Crippen LogP contribution in [0.3, 0.4) is 0 Å². The number of anilines is 2. The number of nitrogens with zero attached hydrogens (tertiary/aromatic N) is 3. The number of aryl methyl sites for hydroxylation is 1. The Morgan fingerprint density at radius 2 is 1.95 bits per heavy atom. The lowest BCUT2D eigenvalue weighted by molar-refractivity contribution is 0.122. The highest BCUT2D eigenvalue weighted by molar-refractivity contribution is 5.52. The number of fused-ring (bicyclic) bond motifs is 1. The number of rotatable bonds is 4. The zero-order chi connectivity index (χ0) is 13.8. The second-order valence-electron chi connectivity index (χ2n) is 5.53. The summed E-state index contributed by atoms with van der Waals surface area (Å²) in [6.45, 7) is 6.50. The van der Waals surface area contributed by atoms with Gasteiger partial charge < -0.3 is 15.0 Å². The number of aromatic nitrogens is 2. The van der Waals surface area contributed by atoms with E-state index < -0.39 is 0 Å². The van der Waals surface area contributed by atoms with Crippen LogP contribution in [0.1, 0.15) is 37.4 Å². The monoisotopic (exact) mass is 276 g/mol. The van der Waals surface area contributed by atoms with E-state index in [0.29, 0.717) is 0 Å². The maximum Gasteiger partial charge on any atom is 0.227 e. The van der Waals surface area contributed by atoms with Gasteiger partial charge in [0.15, 0.2) is 0 Å². The van der Waals surface area contributed by atoms with Gasteiger partial charge in [-0.1, -0.05) is 6.92 Å². The number of hydrogen-bond donors (Lipinski definition) is 1. The molecule has 0 spiro atoms. The predicted molar refractivity (Wildman–Crippen MR) is 80.5 cm³/mol. The van der Waals surface area contributed by atoms with E-state index in [1.165, 1.54) is 24.1 Å². The summed E-state index contributed by atoms with van der Waals surface area (Å²) in [5.74, 6) is 1.95. The Bertz CT molecular complexity index is 457. The van der Waals surface area contributed by atoms with Crippen LogP contribution in [-0.4, -0.2) is 42.8 Å². The van der Waals surface area contributed by atoms with Gasteiger partial charge in [0.2, 0.25) is 5.95 Å². The molecule has 110 valence electrons. The molecule has 0 aromatic carbocycles. The summed E-state index contributed by atoms with van der Waals surface area (Å²) in [7, 11) is 0. The summed E-state index contributed by atoms with van der Waals surface area (Å²) in [6.07, 6.45) is 5.83. The normalized spacial score (nSPS) is 18.8. The van der Waals surface area contributed by atoms with Crippen LogP contribution in [0.25, 0.3) is 0 Å². The van der Waals surface area contributed by atoms with E-state index in [1.807, 2.05) is 0 Å². The van der Waals surface area contributed by atoms with Crippen molar-refractivity contribution in [2.24, 2.45) is 0 Å². The highest BCUT2D eigenvalue weighted by atomic mass is 16.5. The van der Waals surface area contributed by atoms with Crippen molar-refractivity contribution in [1.29, 1.82) is 0 Å². The molecule has 1 saturated heterocycles. The first-order valence-corrected chi connectivity index (χ1v) is 7.85. The van der Waals surface area contributed by atoms with Gasteiger partial charge in [-0.15, -0.1) is 0 Å². The van der Waals surface area contributed by atoms with Gasteiger partial charge in [-0.05, 0) is 32.1 Å². The van der Waals surface area contributed by atoms with Gasteiger partial charge in [0, 0.05) is 25.2 Å². The van der Waals surface area contributed by atoms with E-state index in [0.717, 1.165) is 63.9 Å². The first-order valence-electron chi connectivity index (χ1n) is 7.85. The van der Waals surface area contributed by atoms with E-state index >= 15 is 0 Å². The van der Waals surface area contributed by atoms with Gasteiger partial charge in [-0.25, -0.2) is 4.98 Å². The third-order valence-corrected chi connectivity index (χ3v) is 4.01. The molecular formula is C15H24N4O. The first-order chi connectivity index (χ1) is 9.88. The van der Waals surface area contributed by atoms with E-state index in [-0.39, 0.29) is 0 Å². The van der Waals surface area contributed by atoms with E-state index in [4.69, 9.17) is 14.7 Å². The molecule has 3 rings (SSSR count). The SMILES string of the molecule is CCCNc1nc(N2CCOCC2)nc2c1CCCC2. The van der Waals surface area contributed by atoms with Gasteiger partial charge in [0.05, 0.1) is 18.9 Å². The molecule has 5 heteroatoms. The van der Waals surface area contributed by atoms with Crippen molar-refractivity contribution in [2.45, 2.75) is 39.0 Å². The lowest BCUT2D eigenvalue weighted by Gasteiger charge is -2.29. The van der Waals surface area contributed by atoms with E-state index in [2.05, 4.69) is 17.1 Å². The molecule has 1 aromatic heterocycles. The number of hydrogen-bond acceptors (Lipinski definition) is 5. The lowest BCUT2D eigenvalue weighted by atomic mass is 9.96.